The average molecular weight is 504 g/mol. The van der Waals surface area contributed by atoms with Gasteiger partial charge in [-0.3, -0.25) is 19.2 Å². The third-order valence-corrected chi connectivity index (χ3v) is 8.87. The van der Waals surface area contributed by atoms with Gasteiger partial charge < -0.3 is 26.2 Å². The maximum absolute atomic E-state index is 13.6. The Morgan fingerprint density at radius 1 is 0.806 bits per heavy atom. The molecule has 9 heteroatoms. The van der Waals surface area contributed by atoms with Gasteiger partial charge in [-0.2, -0.15) is 0 Å². The molecule has 2 aliphatic heterocycles. The summed E-state index contributed by atoms with van der Waals surface area (Å²) in [6.45, 7) is 2.63. The standard InChI is InChI=1S/C27H45N5O4/c28-24(33)22(17-19-7-3-1-4-8-19)30-25(34)23-18-31(26(35)21-11-13-29-14-12-21)15-16-32(23)27(36)20-9-5-2-6-10-20/h19-23,29H,1-18H2,(H2,28,33)(H,30,34). The summed E-state index contributed by atoms with van der Waals surface area (Å²) in [5.41, 5.74) is 5.71. The number of carbonyl (C=O) groups is 4. The first-order valence-electron chi connectivity index (χ1n) is 14.3. The molecule has 4 N–H and O–H groups in total. The quantitative estimate of drug-likeness (QED) is 0.486. The number of carbonyl (C=O) groups excluding carboxylic acids is 4. The van der Waals surface area contributed by atoms with Crippen LogP contribution in [0.1, 0.15) is 83.5 Å². The number of piperazine rings is 1. The lowest BCUT2D eigenvalue weighted by atomic mass is 9.84. The van der Waals surface area contributed by atoms with Crippen LogP contribution in [0.25, 0.3) is 0 Å². The van der Waals surface area contributed by atoms with E-state index in [1.165, 1.54) is 6.42 Å². The fourth-order valence-corrected chi connectivity index (χ4v) is 6.65. The highest BCUT2D eigenvalue weighted by Gasteiger charge is 2.41. The highest BCUT2D eigenvalue weighted by molar-refractivity contribution is 5.93. The third-order valence-electron chi connectivity index (χ3n) is 8.87. The minimum absolute atomic E-state index is 0.0201. The SMILES string of the molecule is NC(=O)C(CC1CCCCC1)NC(=O)C1CN(C(=O)C2CCNCC2)CCN1C(=O)C1CCCCC1. The summed E-state index contributed by atoms with van der Waals surface area (Å²) in [5, 5.41) is 6.20. The maximum Gasteiger partial charge on any atom is 0.245 e. The molecular weight excluding hydrogens is 458 g/mol. The second-order valence-corrected chi connectivity index (χ2v) is 11.4. The van der Waals surface area contributed by atoms with Gasteiger partial charge in [-0.25, -0.2) is 0 Å². The number of piperidine rings is 1. The summed E-state index contributed by atoms with van der Waals surface area (Å²) in [6.07, 6.45) is 12.7. The monoisotopic (exact) mass is 503 g/mol. The predicted molar refractivity (Wildman–Crippen MR) is 137 cm³/mol. The Morgan fingerprint density at radius 2 is 1.42 bits per heavy atom. The molecule has 0 radical (unpaired) electrons. The largest absolute Gasteiger partial charge is 0.368 e. The van der Waals surface area contributed by atoms with Crippen LogP contribution in [0.3, 0.4) is 0 Å². The molecule has 2 aliphatic carbocycles. The van der Waals surface area contributed by atoms with Crippen LogP contribution in [0.2, 0.25) is 0 Å². The van der Waals surface area contributed by atoms with Crippen LogP contribution in [0.4, 0.5) is 0 Å². The number of primary amides is 1. The topological polar surface area (TPSA) is 125 Å². The van der Waals surface area contributed by atoms with E-state index in [0.29, 0.717) is 25.4 Å². The molecule has 2 atom stereocenters. The van der Waals surface area contributed by atoms with Crippen molar-refractivity contribution in [1.82, 2.24) is 20.4 Å². The number of amides is 4. The number of nitrogens with zero attached hydrogens (tertiary/aromatic N) is 2. The first-order chi connectivity index (χ1) is 17.4. The van der Waals surface area contributed by atoms with Gasteiger partial charge in [0.25, 0.3) is 0 Å². The Hall–Kier alpha value is -2.16. The summed E-state index contributed by atoms with van der Waals surface area (Å²) in [7, 11) is 0. The lowest BCUT2D eigenvalue weighted by Crippen LogP contribution is -2.64. The highest BCUT2D eigenvalue weighted by Crippen LogP contribution is 2.29. The lowest BCUT2D eigenvalue weighted by molar-refractivity contribution is -0.153. The van der Waals surface area contributed by atoms with E-state index < -0.39 is 18.0 Å². The van der Waals surface area contributed by atoms with Crippen molar-refractivity contribution >= 4 is 23.6 Å². The first kappa shape index (κ1) is 26.9. The fourth-order valence-electron chi connectivity index (χ4n) is 6.65. The van der Waals surface area contributed by atoms with Crippen LogP contribution < -0.4 is 16.4 Å². The van der Waals surface area contributed by atoms with Gasteiger partial charge in [-0.15, -0.1) is 0 Å². The number of nitrogens with one attached hydrogen (secondary N) is 2. The molecule has 0 bridgehead atoms. The first-order valence-corrected chi connectivity index (χ1v) is 14.3. The summed E-state index contributed by atoms with van der Waals surface area (Å²) >= 11 is 0. The molecule has 2 saturated heterocycles. The summed E-state index contributed by atoms with van der Waals surface area (Å²) in [6, 6.07) is -1.53. The van der Waals surface area contributed by atoms with Crippen LogP contribution in [-0.2, 0) is 19.2 Å². The van der Waals surface area contributed by atoms with E-state index in [-0.39, 0.29) is 36.1 Å². The Kier molecular flexibility index (Phi) is 9.62. The van der Waals surface area contributed by atoms with Crippen molar-refractivity contribution < 1.29 is 19.2 Å². The molecular formula is C27H45N5O4. The molecule has 36 heavy (non-hydrogen) atoms. The van der Waals surface area contributed by atoms with Gasteiger partial charge in [0, 0.05) is 24.9 Å². The molecule has 4 amide bonds. The van der Waals surface area contributed by atoms with E-state index >= 15 is 0 Å². The van der Waals surface area contributed by atoms with Crippen LogP contribution in [0, 0.1) is 17.8 Å². The van der Waals surface area contributed by atoms with Gasteiger partial charge in [0.2, 0.25) is 23.6 Å². The number of hydrogen-bond acceptors (Lipinski definition) is 5. The second kappa shape index (κ2) is 12.9. The number of hydrogen-bond donors (Lipinski definition) is 3. The van der Waals surface area contributed by atoms with Crippen LogP contribution in [0.5, 0.6) is 0 Å². The van der Waals surface area contributed by atoms with E-state index in [9.17, 15) is 19.2 Å². The van der Waals surface area contributed by atoms with Gasteiger partial charge >= 0.3 is 0 Å². The highest BCUT2D eigenvalue weighted by atomic mass is 16.2. The zero-order valence-corrected chi connectivity index (χ0v) is 21.7. The molecule has 0 aromatic heterocycles. The molecule has 0 aromatic carbocycles. The van der Waals surface area contributed by atoms with Gasteiger partial charge in [-0.1, -0.05) is 51.4 Å². The Labute approximate surface area is 215 Å². The van der Waals surface area contributed by atoms with E-state index in [2.05, 4.69) is 10.6 Å². The van der Waals surface area contributed by atoms with Crippen molar-refractivity contribution in [2.24, 2.45) is 23.5 Å². The molecule has 0 aromatic rings. The summed E-state index contributed by atoms with van der Waals surface area (Å²) in [4.78, 5) is 56.2. The van der Waals surface area contributed by atoms with Crippen LogP contribution >= 0.6 is 0 Å². The van der Waals surface area contributed by atoms with Crippen molar-refractivity contribution in [2.45, 2.75) is 95.6 Å². The maximum atomic E-state index is 13.6. The van der Waals surface area contributed by atoms with Crippen molar-refractivity contribution in [3.05, 3.63) is 0 Å². The zero-order chi connectivity index (χ0) is 25.5. The van der Waals surface area contributed by atoms with E-state index in [4.69, 9.17) is 5.73 Å². The van der Waals surface area contributed by atoms with Gasteiger partial charge in [0.15, 0.2) is 0 Å². The summed E-state index contributed by atoms with van der Waals surface area (Å²) in [5.74, 6) is -0.519. The normalized spacial score (nSPS) is 25.8. The van der Waals surface area contributed by atoms with Gasteiger partial charge in [0.1, 0.15) is 12.1 Å². The molecule has 202 valence electrons. The van der Waals surface area contributed by atoms with E-state index in [1.807, 2.05) is 0 Å². The summed E-state index contributed by atoms with van der Waals surface area (Å²) < 4.78 is 0. The molecule has 4 rings (SSSR count). The Morgan fingerprint density at radius 3 is 2.06 bits per heavy atom. The molecule has 2 saturated carbocycles. The zero-order valence-electron chi connectivity index (χ0n) is 21.7. The lowest BCUT2D eigenvalue weighted by Gasteiger charge is -2.43. The van der Waals surface area contributed by atoms with Crippen LogP contribution in [-0.4, -0.2) is 78.2 Å². The molecule has 9 nitrogen and oxygen atoms in total. The van der Waals surface area contributed by atoms with Crippen LogP contribution in [0.15, 0.2) is 0 Å². The van der Waals surface area contributed by atoms with Crippen molar-refractivity contribution in [3.63, 3.8) is 0 Å². The van der Waals surface area contributed by atoms with Gasteiger partial charge in [0.05, 0.1) is 6.54 Å². The minimum Gasteiger partial charge on any atom is -0.368 e. The minimum atomic E-state index is -0.785. The molecule has 0 spiro atoms. The van der Waals surface area contributed by atoms with Crippen molar-refractivity contribution in [2.75, 3.05) is 32.7 Å². The average Bonchev–Trinajstić information content (AvgIpc) is 2.93. The predicted octanol–water partition coefficient (Wildman–Crippen LogP) is 1.55. The number of rotatable bonds is 7. The smallest absolute Gasteiger partial charge is 0.245 e. The molecule has 2 unspecified atom stereocenters. The second-order valence-electron chi connectivity index (χ2n) is 11.4. The Bertz CT molecular complexity index is 787. The van der Waals surface area contributed by atoms with E-state index in [1.54, 1.807) is 9.80 Å². The van der Waals surface area contributed by atoms with Crippen molar-refractivity contribution in [1.29, 1.82) is 0 Å². The molecule has 4 fully saturated rings. The fraction of sp³-hybridized carbons (Fsp3) is 0.852. The van der Waals surface area contributed by atoms with Gasteiger partial charge in [-0.05, 0) is 51.1 Å². The van der Waals surface area contributed by atoms with E-state index in [0.717, 1.165) is 83.7 Å². The Balaban J connectivity index is 1.47. The third kappa shape index (κ3) is 6.78. The van der Waals surface area contributed by atoms with Crippen molar-refractivity contribution in [3.8, 4) is 0 Å². The number of nitrogens with two attached hydrogens (primary N) is 1. The molecule has 2 heterocycles. The molecule has 4 aliphatic rings.